The van der Waals surface area contributed by atoms with Crippen molar-refractivity contribution in [3.8, 4) is 0 Å². The zero-order chi connectivity index (χ0) is 26.5. The predicted molar refractivity (Wildman–Crippen MR) is 133 cm³/mol. The predicted octanol–water partition coefficient (Wildman–Crippen LogP) is 2.63. The summed E-state index contributed by atoms with van der Waals surface area (Å²) in [5, 5.41) is 5.86. The van der Waals surface area contributed by atoms with Crippen molar-refractivity contribution in [3.63, 3.8) is 0 Å². The molecule has 9 nitrogen and oxygen atoms in total. The Morgan fingerprint density at radius 3 is 2.50 bits per heavy atom. The van der Waals surface area contributed by atoms with Crippen molar-refractivity contribution in [2.75, 3.05) is 26.7 Å². The number of aryl methyl sites for hydroxylation is 2. The fourth-order valence-corrected chi connectivity index (χ4v) is 4.74. The average Bonchev–Trinajstić information content (AvgIpc) is 3.64. The first-order valence-electron chi connectivity index (χ1n) is 12.7. The lowest BCUT2D eigenvalue weighted by molar-refractivity contribution is -0.147. The second-order valence-electron chi connectivity index (χ2n) is 9.84. The van der Waals surface area contributed by atoms with Crippen LogP contribution in [0.2, 0.25) is 0 Å². The summed E-state index contributed by atoms with van der Waals surface area (Å²) in [4.78, 5) is 47.9. The number of piperidine rings is 1. The number of carbonyl (C=O) groups excluding carboxylic acids is 3. The molecule has 1 saturated carbocycles. The monoisotopic (exact) mass is 503 g/mol. The SMILES string of the molecule is C=C(C(C(=O)OC)C(F)CC)N1CCC(CCNC(=O)C2(NC(=O)c3cnc(C)nc3C)CC2)CC1. The van der Waals surface area contributed by atoms with Crippen molar-refractivity contribution < 1.29 is 23.5 Å². The van der Waals surface area contributed by atoms with Gasteiger partial charge in [0, 0.05) is 31.5 Å². The van der Waals surface area contributed by atoms with E-state index in [2.05, 4.69) is 27.2 Å². The number of nitrogens with one attached hydrogen (secondary N) is 2. The molecule has 1 saturated heterocycles. The summed E-state index contributed by atoms with van der Waals surface area (Å²) in [6.07, 6.45) is 4.12. The van der Waals surface area contributed by atoms with Gasteiger partial charge in [-0.3, -0.25) is 14.4 Å². The van der Waals surface area contributed by atoms with E-state index in [1.54, 1.807) is 20.8 Å². The molecule has 2 fully saturated rings. The summed E-state index contributed by atoms with van der Waals surface area (Å²) in [6, 6.07) is 0. The van der Waals surface area contributed by atoms with E-state index in [0.717, 1.165) is 19.3 Å². The largest absolute Gasteiger partial charge is 0.468 e. The second kappa shape index (κ2) is 11.8. The Labute approximate surface area is 212 Å². The summed E-state index contributed by atoms with van der Waals surface area (Å²) in [7, 11) is 1.26. The molecule has 2 atom stereocenters. The van der Waals surface area contributed by atoms with Crippen molar-refractivity contribution in [2.24, 2.45) is 11.8 Å². The molecule has 0 radical (unpaired) electrons. The highest BCUT2D eigenvalue weighted by Crippen LogP contribution is 2.36. The number of methoxy groups -OCH3 is 1. The molecule has 198 valence electrons. The van der Waals surface area contributed by atoms with Gasteiger partial charge in [0.2, 0.25) is 5.91 Å². The van der Waals surface area contributed by atoms with Gasteiger partial charge in [0.25, 0.3) is 5.91 Å². The van der Waals surface area contributed by atoms with E-state index < -0.39 is 23.6 Å². The maximum atomic E-state index is 14.4. The lowest BCUT2D eigenvalue weighted by Crippen LogP contribution is -2.49. The second-order valence-corrected chi connectivity index (χ2v) is 9.84. The van der Waals surface area contributed by atoms with Gasteiger partial charge < -0.3 is 20.3 Å². The van der Waals surface area contributed by atoms with Gasteiger partial charge in [-0.05, 0) is 58.3 Å². The number of alkyl halides is 1. The number of aromatic nitrogens is 2. The molecule has 2 N–H and O–H groups in total. The summed E-state index contributed by atoms with van der Waals surface area (Å²) in [5.74, 6) is -1.08. The number of carbonyl (C=O) groups is 3. The molecule has 36 heavy (non-hydrogen) atoms. The minimum Gasteiger partial charge on any atom is -0.468 e. The number of amides is 2. The van der Waals surface area contributed by atoms with E-state index >= 15 is 0 Å². The van der Waals surface area contributed by atoms with E-state index in [1.807, 2.05) is 4.90 Å². The van der Waals surface area contributed by atoms with Crippen LogP contribution in [0.5, 0.6) is 0 Å². The summed E-state index contributed by atoms with van der Waals surface area (Å²) >= 11 is 0. The van der Waals surface area contributed by atoms with Crippen LogP contribution in [0.4, 0.5) is 4.39 Å². The molecule has 1 aliphatic carbocycles. The fraction of sp³-hybridized carbons (Fsp3) is 0.654. The van der Waals surface area contributed by atoms with Gasteiger partial charge in [-0.1, -0.05) is 13.5 Å². The number of likely N-dealkylation sites (tertiary alicyclic amines) is 1. The minimum absolute atomic E-state index is 0.165. The molecule has 0 aromatic carbocycles. The van der Waals surface area contributed by atoms with Crippen LogP contribution in [-0.4, -0.2) is 71.1 Å². The smallest absolute Gasteiger partial charge is 0.317 e. The molecule has 10 heteroatoms. The van der Waals surface area contributed by atoms with Crippen LogP contribution in [0.3, 0.4) is 0 Å². The highest BCUT2D eigenvalue weighted by molar-refractivity contribution is 6.01. The molecule has 0 spiro atoms. The molecular weight excluding hydrogens is 465 g/mol. The molecule has 2 amide bonds. The molecule has 2 unspecified atom stereocenters. The maximum Gasteiger partial charge on any atom is 0.317 e. The third-order valence-electron chi connectivity index (χ3n) is 7.31. The Hall–Kier alpha value is -3.04. The number of halogens is 1. The topological polar surface area (TPSA) is 114 Å². The summed E-state index contributed by atoms with van der Waals surface area (Å²) in [6.45, 7) is 11.1. The van der Waals surface area contributed by atoms with Crippen LogP contribution in [0.15, 0.2) is 18.5 Å². The minimum atomic E-state index is -1.32. The third kappa shape index (κ3) is 6.39. The van der Waals surface area contributed by atoms with Gasteiger partial charge in [0.05, 0.1) is 18.4 Å². The number of ether oxygens (including phenoxy) is 1. The van der Waals surface area contributed by atoms with Crippen LogP contribution in [0, 0.1) is 25.7 Å². The van der Waals surface area contributed by atoms with Crippen LogP contribution in [0.1, 0.15) is 67.3 Å². The molecule has 1 aromatic heterocycles. The van der Waals surface area contributed by atoms with Crippen LogP contribution < -0.4 is 10.6 Å². The van der Waals surface area contributed by atoms with Gasteiger partial charge in [0.15, 0.2) is 0 Å². The normalized spacial score (nSPS) is 18.6. The van der Waals surface area contributed by atoms with E-state index in [0.29, 0.717) is 61.2 Å². The first kappa shape index (κ1) is 27.5. The van der Waals surface area contributed by atoms with Crippen LogP contribution in [0.25, 0.3) is 0 Å². The number of hydrogen-bond acceptors (Lipinski definition) is 7. The van der Waals surface area contributed by atoms with E-state index in [9.17, 15) is 18.8 Å². The van der Waals surface area contributed by atoms with Crippen LogP contribution >= 0.6 is 0 Å². The maximum absolute atomic E-state index is 14.4. The van der Waals surface area contributed by atoms with Gasteiger partial charge in [-0.2, -0.15) is 0 Å². The third-order valence-corrected chi connectivity index (χ3v) is 7.31. The number of nitrogens with zero attached hydrogens (tertiary/aromatic N) is 3. The van der Waals surface area contributed by atoms with Crippen molar-refractivity contribution >= 4 is 17.8 Å². The zero-order valence-electron chi connectivity index (χ0n) is 21.7. The Morgan fingerprint density at radius 1 is 1.28 bits per heavy atom. The number of rotatable bonds is 11. The molecule has 1 aromatic rings. The lowest BCUT2D eigenvalue weighted by atomic mass is 9.90. The number of hydrogen-bond donors (Lipinski definition) is 2. The average molecular weight is 504 g/mol. The first-order chi connectivity index (χ1) is 17.1. The summed E-state index contributed by atoms with van der Waals surface area (Å²) < 4.78 is 19.2. The zero-order valence-corrected chi connectivity index (χ0v) is 21.7. The molecule has 2 heterocycles. The Balaban J connectivity index is 1.44. The van der Waals surface area contributed by atoms with Gasteiger partial charge in [0.1, 0.15) is 23.5 Å². The highest BCUT2D eigenvalue weighted by Gasteiger charge is 2.51. The van der Waals surface area contributed by atoms with Crippen molar-refractivity contribution in [2.45, 2.75) is 71.0 Å². The molecule has 2 aliphatic rings. The molecule has 3 rings (SSSR count). The van der Waals surface area contributed by atoms with Gasteiger partial charge >= 0.3 is 5.97 Å². The van der Waals surface area contributed by atoms with Gasteiger partial charge in [-0.15, -0.1) is 0 Å². The molecule has 1 aliphatic heterocycles. The number of esters is 1. The Morgan fingerprint density at radius 2 is 1.94 bits per heavy atom. The van der Waals surface area contributed by atoms with Crippen molar-refractivity contribution in [1.29, 1.82) is 0 Å². The van der Waals surface area contributed by atoms with Crippen molar-refractivity contribution in [3.05, 3.63) is 35.6 Å². The lowest BCUT2D eigenvalue weighted by Gasteiger charge is -2.37. The first-order valence-corrected chi connectivity index (χ1v) is 12.7. The Bertz CT molecular complexity index is 989. The summed E-state index contributed by atoms with van der Waals surface area (Å²) in [5.41, 5.74) is 0.574. The van der Waals surface area contributed by atoms with E-state index in [-0.39, 0.29) is 18.2 Å². The Kier molecular flexibility index (Phi) is 9.03. The van der Waals surface area contributed by atoms with Crippen LogP contribution in [-0.2, 0) is 14.3 Å². The molecular formula is C26H38FN5O4. The standard InChI is InChI=1S/C26H38FN5O4/c1-6-21(27)22(24(34)36-5)17(3)32-13-8-19(9-14-32)7-12-28-25(35)26(10-11-26)31-23(33)20-15-29-18(4)30-16(20)2/h15,19,21-22H,3,6-14H2,1-2,4-5H3,(H,28,35)(H,31,33). The van der Waals surface area contributed by atoms with E-state index in [4.69, 9.17) is 4.74 Å². The highest BCUT2D eigenvalue weighted by atomic mass is 19.1. The van der Waals surface area contributed by atoms with E-state index in [1.165, 1.54) is 13.3 Å². The quantitative estimate of drug-likeness (QED) is 0.446. The van der Waals surface area contributed by atoms with Gasteiger partial charge in [-0.25, -0.2) is 14.4 Å². The molecule has 0 bridgehead atoms. The van der Waals surface area contributed by atoms with Crippen molar-refractivity contribution in [1.82, 2.24) is 25.5 Å². The fourth-order valence-electron chi connectivity index (χ4n) is 4.74.